The number of hydrogen-bond donors (Lipinski definition) is 3. The number of rotatable bonds is 5. The number of carbonyl (C=O) groups is 3. The molecule has 1 unspecified atom stereocenters. The molecule has 3 aliphatic rings. The number of likely N-dealkylation sites (N-methyl/N-ethyl adjacent to an activating group) is 1. The average Bonchev–Trinajstić information content (AvgIpc) is 3.37. The number of nitrogens with two attached hydrogens (primary N) is 2. The fourth-order valence-corrected chi connectivity index (χ4v) is 5.57. The third-order valence-corrected chi connectivity index (χ3v) is 7.67. The summed E-state index contributed by atoms with van der Waals surface area (Å²) >= 11 is 0. The van der Waals surface area contributed by atoms with Crippen molar-refractivity contribution in [1.29, 1.82) is 0 Å². The van der Waals surface area contributed by atoms with E-state index >= 15 is 0 Å². The minimum Gasteiger partial charge on any atom is -0.458 e. The highest BCUT2D eigenvalue weighted by molar-refractivity contribution is 5.92. The summed E-state index contributed by atoms with van der Waals surface area (Å²) in [6, 6.07) is 3.13. The number of hydrogen-bond acceptors (Lipinski definition) is 9. The summed E-state index contributed by atoms with van der Waals surface area (Å²) in [5.41, 5.74) is 15.7. The quantitative estimate of drug-likeness (QED) is 0.226. The van der Waals surface area contributed by atoms with E-state index in [9.17, 15) is 28.7 Å². The monoisotopic (exact) mass is 597 g/mol. The lowest BCUT2D eigenvalue weighted by Gasteiger charge is -2.22. The fraction of sp³-hybridized carbons (Fsp3) is 0.433. The normalized spacial score (nSPS) is 15.6. The van der Waals surface area contributed by atoms with Crippen LogP contribution < -0.4 is 17.0 Å². The Morgan fingerprint density at radius 3 is 2.56 bits per heavy atom. The van der Waals surface area contributed by atoms with E-state index in [1.165, 1.54) is 18.0 Å². The van der Waals surface area contributed by atoms with Crippen molar-refractivity contribution in [3.63, 3.8) is 0 Å². The van der Waals surface area contributed by atoms with Gasteiger partial charge in [-0.1, -0.05) is 13.8 Å². The second kappa shape index (κ2) is 13.0. The molecule has 0 saturated carbocycles. The summed E-state index contributed by atoms with van der Waals surface area (Å²) < 4.78 is 25.8. The van der Waals surface area contributed by atoms with Gasteiger partial charge < -0.3 is 35.5 Å². The predicted octanol–water partition coefficient (Wildman–Crippen LogP) is 1.34. The SMILES string of the molecule is CC.CN(COCC(N)=O)C(=O)CN.Cc1c(F)cc2nc3c(c4c2c1CCC4)Cn1c-3cc2c(c1=O)COC(=O)C2O. The Morgan fingerprint density at radius 2 is 1.88 bits per heavy atom. The average molecular weight is 598 g/mol. The first-order valence-corrected chi connectivity index (χ1v) is 14.1. The maximum absolute atomic E-state index is 14.5. The van der Waals surface area contributed by atoms with Crippen LogP contribution in [-0.4, -0.2) is 64.3 Å². The van der Waals surface area contributed by atoms with Crippen molar-refractivity contribution in [3.05, 3.63) is 61.7 Å². The number of esters is 1. The van der Waals surface area contributed by atoms with Gasteiger partial charge in [0, 0.05) is 29.6 Å². The molecule has 43 heavy (non-hydrogen) atoms. The Hall–Kier alpha value is -4.20. The van der Waals surface area contributed by atoms with Crippen LogP contribution in [0.25, 0.3) is 22.3 Å². The standard InChI is InChI=1S/C22H17FN2O4.C6H13N3O3.C2H6/c1-9-10-3-2-4-11-13-7-25-17(19(13)24-16(18(10)11)6-15(9)23)5-12-14(21(25)27)8-29-22(28)20(12)26;1-9(6(11)2-7)4-12-3-5(8)10;1-2/h5-6,20,26H,2-4,7-8H2,1H3;2-4,7H2,1H3,(H2,8,10);1-2H3. The zero-order chi connectivity index (χ0) is 31.6. The van der Waals surface area contributed by atoms with E-state index in [-0.39, 0.29) is 49.3 Å². The van der Waals surface area contributed by atoms with Crippen molar-refractivity contribution in [3.8, 4) is 11.4 Å². The number of aromatic nitrogens is 2. The van der Waals surface area contributed by atoms with E-state index in [0.717, 1.165) is 41.3 Å². The molecule has 230 valence electrons. The van der Waals surface area contributed by atoms with E-state index in [4.69, 9.17) is 25.9 Å². The maximum atomic E-state index is 14.5. The number of amides is 2. The second-order valence-electron chi connectivity index (χ2n) is 10.2. The number of aliphatic hydroxyl groups excluding tert-OH is 1. The molecule has 0 fully saturated rings. The molecule has 0 saturated heterocycles. The Labute approximate surface area is 247 Å². The molecule has 13 heteroatoms. The van der Waals surface area contributed by atoms with E-state index in [2.05, 4.69) is 0 Å². The molecular weight excluding hydrogens is 561 g/mol. The number of aryl methyl sites for hydroxylation is 2. The third-order valence-electron chi connectivity index (χ3n) is 7.67. The molecule has 0 bridgehead atoms. The molecule has 1 aromatic carbocycles. The van der Waals surface area contributed by atoms with Gasteiger partial charge in [0.05, 0.1) is 35.6 Å². The number of halogens is 1. The highest BCUT2D eigenvalue weighted by atomic mass is 19.1. The molecule has 1 aliphatic carbocycles. The number of aliphatic hydroxyl groups is 1. The van der Waals surface area contributed by atoms with Crippen molar-refractivity contribution in [2.45, 2.75) is 59.3 Å². The lowest BCUT2D eigenvalue weighted by atomic mass is 9.85. The molecule has 1 atom stereocenters. The highest BCUT2D eigenvalue weighted by Crippen LogP contribution is 2.41. The fourth-order valence-electron chi connectivity index (χ4n) is 5.57. The van der Waals surface area contributed by atoms with Crippen LogP contribution in [0.2, 0.25) is 0 Å². The highest BCUT2D eigenvalue weighted by Gasteiger charge is 2.35. The molecular formula is C30H36FN5O7. The van der Waals surface area contributed by atoms with Gasteiger partial charge in [-0.15, -0.1) is 0 Å². The van der Waals surface area contributed by atoms with E-state index in [1.54, 1.807) is 17.6 Å². The first kappa shape index (κ1) is 31.7. The molecule has 2 aliphatic heterocycles. The van der Waals surface area contributed by atoms with Crippen molar-refractivity contribution in [1.82, 2.24) is 14.5 Å². The van der Waals surface area contributed by atoms with Crippen LogP contribution in [0.4, 0.5) is 4.39 Å². The van der Waals surface area contributed by atoms with Crippen LogP contribution in [0.15, 0.2) is 16.9 Å². The van der Waals surface area contributed by atoms with Crippen LogP contribution in [0, 0.1) is 12.7 Å². The van der Waals surface area contributed by atoms with Gasteiger partial charge in [-0.05, 0) is 48.9 Å². The third kappa shape index (κ3) is 5.88. The molecule has 0 radical (unpaired) electrons. The van der Waals surface area contributed by atoms with Crippen LogP contribution in [-0.2, 0) is 49.9 Å². The molecule has 3 aromatic rings. The number of nitrogens with zero attached hydrogens (tertiary/aromatic N) is 3. The van der Waals surface area contributed by atoms with Crippen LogP contribution in [0.5, 0.6) is 0 Å². The summed E-state index contributed by atoms with van der Waals surface area (Å²) in [4.78, 5) is 51.8. The number of pyridine rings is 2. The lowest BCUT2D eigenvalue weighted by molar-refractivity contribution is -0.157. The summed E-state index contributed by atoms with van der Waals surface area (Å²) in [5, 5.41) is 11.2. The van der Waals surface area contributed by atoms with Crippen molar-refractivity contribution in [2.75, 3.05) is 26.9 Å². The number of primary amides is 1. The molecule has 2 aromatic heterocycles. The second-order valence-corrected chi connectivity index (χ2v) is 10.2. The lowest BCUT2D eigenvalue weighted by Crippen LogP contribution is -2.35. The zero-order valence-electron chi connectivity index (χ0n) is 24.7. The number of benzene rings is 1. The summed E-state index contributed by atoms with van der Waals surface area (Å²) in [6.07, 6.45) is 1.12. The van der Waals surface area contributed by atoms with Crippen LogP contribution in [0.3, 0.4) is 0 Å². The summed E-state index contributed by atoms with van der Waals surface area (Å²) in [5.74, 6) is -1.85. The van der Waals surface area contributed by atoms with Gasteiger partial charge in [0.1, 0.15) is 25.8 Å². The first-order chi connectivity index (χ1) is 20.5. The smallest absolute Gasteiger partial charge is 0.340 e. The van der Waals surface area contributed by atoms with Crippen molar-refractivity contribution < 1.29 is 33.4 Å². The van der Waals surface area contributed by atoms with Crippen molar-refractivity contribution >= 4 is 28.7 Å². The van der Waals surface area contributed by atoms with Crippen LogP contribution in [0.1, 0.15) is 59.8 Å². The van der Waals surface area contributed by atoms with Gasteiger partial charge in [0.25, 0.3) is 5.56 Å². The van der Waals surface area contributed by atoms with E-state index in [1.807, 2.05) is 13.8 Å². The largest absolute Gasteiger partial charge is 0.458 e. The summed E-state index contributed by atoms with van der Waals surface area (Å²) in [7, 11) is 1.52. The summed E-state index contributed by atoms with van der Waals surface area (Å²) in [6.45, 7) is 5.81. The molecule has 0 spiro atoms. The van der Waals surface area contributed by atoms with Gasteiger partial charge >= 0.3 is 5.97 Å². The van der Waals surface area contributed by atoms with Gasteiger partial charge in [0.15, 0.2) is 6.10 Å². The van der Waals surface area contributed by atoms with Gasteiger partial charge in [0.2, 0.25) is 11.8 Å². The number of ether oxygens (including phenoxy) is 2. The molecule has 4 heterocycles. The Morgan fingerprint density at radius 1 is 1.19 bits per heavy atom. The predicted molar refractivity (Wildman–Crippen MR) is 155 cm³/mol. The van der Waals surface area contributed by atoms with Gasteiger partial charge in [-0.3, -0.25) is 14.4 Å². The first-order valence-electron chi connectivity index (χ1n) is 14.1. The molecule has 6 rings (SSSR count). The van der Waals surface area contributed by atoms with Crippen molar-refractivity contribution in [2.24, 2.45) is 11.5 Å². The molecule has 12 nitrogen and oxygen atoms in total. The maximum Gasteiger partial charge on any atom is 0.340 e. The number of fused-ring (bicyclic) bond motifs is 5. The van der Waals surface area contributed by atoms with E-state index in [0.29, 0.717) is 34.6 Å². The number of carbonyl (C=O) groups excluding carboxylic acids is 3. The number of cyclic esters (lactones) is 1. The van der Waals surface area contributed by atoms with E-state index < -0.39 is 18.0 Å². The van der Waals surface area contributed by atoms with Gasteiger partial charge in [-0.25, -0.2) is 14.2 Å². The van der Waals surface area contributed by atoms with Gasteiger partial charge in [-0.2, -0.15) is 0 Å². The Balaban J connectivity index is 0.000000258. The minimum atomic E-state index is -1.48. The Kier molecular flexibility index (Phi) is 9.58. The molecule has 2 amide bonds. The topological polar surface area (TPSA) is 180 Å². The Bertz CT molecular complexity index is 1670. The molecule has 5 N–H and O–H groups in total. The zero-order valence-corrected chi connectivity index (χ0v) is 24.7. The van der Waals surface area contributed by atoms with Crippen LogP contribution >= 0.6 is 0 Å². The minimum absolute atomic E-state index is 0.0268.